The van der Waals surface area contributed by atoms with Crippen LogP contribution in [0.15, 0.2) is 18.2 Å². The quantitative estimate of drug-likeness (QED) is 0.507. The Kier molecular flexibility index (Phi) is 6.20. The predicted octanol–water partition coefficient (Wildman–Crippen LogP) is -0.367. The molecule has 0 saturated carbocycles. The highest BCUT2D eigenvalue weighted by Gasteiger charge is 2.12. The average molecular weight is 271 g/mol. The van der Waals surface area contributed by atoms with Crippen molar-refractivity contribution in [3.63, 3.8) is 0 Å². The van der Waals surface area contributed by atoms with E-state index in [-0.39, 0.29) is 38.5 Å². The van der Waals surface area contributed by atoms with E-state index < -0.39 is 11.7 Å². The molecule has 106 valence electrons. The summed E-state index contributed by atoms with van der Waals surface area (Å²) in [5.74, 6) is -1.01. The molecule has 1 aromatic carbocycles. The van der Waals surface area contributed by atoms with Crippen LogP contribution in [0.4, 0.5) is 15.8 Å². The first kappa shape index (κ1) is 15.4. The van der Waals surface area contributed by atoms with E-state index in [4.69, 9.17) is 15.9 Å². The lowest BCUT2D eigenvalue weighted by Gasteiger charge is -2.19. The molecular weight excluding hydrogens is 253 g/mol. The number of amides is 1. The number of hydrogen-bond acceptors (Lipinski definition) is 5. The van der Waals surface area contributed by atoms with Gasteiger partial charge in [0.2, 0.25) is 5.91 Å². The Bertz CT molecular complexity index is 423. The van der Waals surface area contributed by atoms with Gasteiger partial charge in [-0.2, -0.15) is 0 Å². The molecule has 5 N–H and O–H groups in total. The molecule has 0 bridgehead atoms. The topological polar surface area (TPSA) is 98.8 Å². The molecule has 0 fully saturated rings. The first-order valence-corrected chi connectivity index (χ1v) is 5.85. The molecule has 0 saturated heterocycles. The first-order chi connectivity index (χ1) is 9.06. The maximum absolute atomic E-state index is 13.4. The Morgan fingerprint density at radius 3 is 2.53 bits per heavy atom. The van der Waals surface area contributed by atoms with E-state index in [9.17, 15) is 9.18 Å². The van der Waals surface area contributed by atoms with Crippen LogP contribution in [0.5, 0.6) is 0 Å². The third-order valence-corrected chi connectivity index (χ3v) is 2.46. The van der Waals surface area contributed by atoms with Gasteiger partial charge in [0.25, 0.3) is 0 Å². The van der Waals surface area contributed by atoms with Crippen molar-refractivity contribution < 1.29 is 19.4 Å². The molecule has 6 nitrogen and oxygen atoms in total. The van der Waals surface area contributed by atoms with Crippen molar-refractivity contribution in [3.05, 3.63) is 24.0 Å². The third kappa shape index (κ3) is 5.21. The molecule has 0 radical (unpaired) electrons. The van der Waals surface area contributed by atoms with Crippen molar-refractivity contribution in [2.24, 2.45) is 0 Å². The SMILES string of the molecule is Nc1ccc(F)c(NC(=O)CN(CCO)CCO)c1. The fourth-order valence-electron chi connectivity index (χ4n) is 1.58. The van der Waals surface area contributed by atoms with Crippen LogP contribution in [0.25, 0.3) is 0 Å². The van der Waals surface area contributed by atoms with Crippen LogP contribution in [0, 0.1) is 5.82 Å². The Labute approximate surface area is 110 Å². The number of hydrogen-bond donors (Lipinski definition) is 4. The number of nitrogens with two attached hydrogens (primary N) is 1. The summed E-state index contributed by atoms with van der Waals surface area (Å²) >= 11 is 0. The number of benzene rings is 1. The maximum atomic E-state index is 13.4. The summed E-state index contributed by atoms with van der Waals surface area (Å²) in [7, 11) is 0. The van der Waals surface area contributed by atoms with Crippen molar-refractivity contribution in [3.8, 4) is 0 Å². The van der Waals surface area contributed by atoms with Crippen molar-refractivity contribution in [2.75, 3.05) is 43.9 Å². The fourth-order valence-corrected chi connectivity index (χ4v) is 1.58. The molecular formula is C12H18FN3O3. The van der Waals surface area contributed by atoms with Gasteiger partial charge >= 0.3 is 0 Å². The number of nitrogen functional groups attached to an aromatic ring is 1. The van der Waals surface area contributed by atoms with Gasteiger partial charge < -0.3 is 21.3 Å². The molecule has 1 rings (SSSR count). The first-order valence-electron chi connectivity index (χ1n) is 5.85. The molecule has 7 heteroatoms. The summed E-state index contributed by atoms with van der Waals surface area (Å²) in [5.41, 5.74) is 5.86. The summed E-state index contributed by atoms with van der Waals surface area (Å²) in [6, 6.07) is 3.90. The van der Waals surface area contributed by atoms with Crippen LogP contribution in [-0.2, 0) is 4.79 Å². The minimum atomic E-state index is -0.571. The van der Waals surface area contributed by atoms with Gasteiger partial charge in [0.05, 0.1) is 25.4 Å². The molecule has 0 heterocycles. The van der Waals surface area contributed by atoms with Gasteiger partial charge in [-0.1, -0.05) is 0 Å². The van der Waals surface area contributed by atoms with E-state index in [1.54, 1.807) is 4.90 Å². The lowest BCUT2D eigenvalue weighted by molar-refractivity contribution is -0.117. The molecule has 19 heavy (non-hydrogen) atoms. The zero-order valence-corrected chi connectivity index (χ0v) is 10.5. The number of aliphatic hydroxyl groups excluding tert-OH is 2. The van der Waals surface area contributed by atoms with Crippen LogP contribution in [-0.4, -0.2) is 53.9 Å². The van der Waals surface area contributed by atoms with Crippen LogP contribution < -0.4 is 11.1 Å². The van der Waals surface area contributed by atoms with Gasteiger partial charge in [-0.15, -0.1) is 0 Å². The van der Waals surface area contributed by atoms with Crippen LogP contribution in [0.1, 0.15) is 0 Å². The Hall–Kier alpha value is -1.70. The third-order valence-electron chi connectivity index (χ3n) is 2.46. The number of nitrogens with zero attached hydrogens (tertiary/aromatic N) is 1. The summed E-state index contributed by atoms with van der Waals surface area (Å²) in [4.78, 5) is 13.3. The smallest absolute Gasteiger partial charge is 0.238 e. The van der Waals surface area contributed by atoms with Gasteiger partial charge in [-0.25, -0.2) is 4.39 Å². The molecule has 0 aliphatic carbocycles. The van der Waals surface area contributed by atoms with E-state index in [0.29, 0.717) is 5.69 Å². The molecule has 0 atom stereocenters. The van der Waals surface area contributed by atoms with Gasteiger partial charge in [-0.3, -0.25) is 9.69 Å². The summed E-state index contributed by atoms with van der Waals surface area (Å²) < 4.78 is 13.4. The van der Waals surface area contributed by atoms with E-state index in [0.717, 1.165) is 0 Å². The number of halogens is 1. The van der Waals surface area contributed by atoms with Crippen LogP contribution in [0.3, 0.4) is 0 Å². The number of rotatable bonds is 7. The normalized spacial score (nSPS) is 10.7. The van der Waals surface area contributed by atoms with Crippen LogP contribution >= 0.6 is 0 Å². The van der Waals surface area contributed by atoms with E-state index in [2.05, 4.69) is 5.32 Å². The number of carbonyl (C=O) groups excluding carboxylic acids is 1. The van der Waals surface area contributed by atoms with Gasteiger partial charge in [-0.05, 0) is 18.2 Å². The fraction of sp³-hybridized carbons (Fsp3) is 0.417. The lowest BCUT2D eigenvalue weighted by atomic mass is 10.2. The Morgan fingerprint density at radius 2 is 1.95 bits per heavy atom. The van der Waals surface area contributed by atoms with E-state index in [1.807, 2.05) is 0 Å². The summed E-state index contributed by atoms with van der Waals surface area (Å²) in [6.07, 6.45) is 0. The molecule has 0 aliphatic rings. The Morgan fingerprint density at radius 1 is 1.32 bits per heavy atom. The maximum Gasteiger partial charge on any atom is 0.238 e. The number of nitrogens with one attached hydrogen (secondary N) is 1. The van der Waals surface area contributed by atoms with Crippen molar-refractivity contribution in [1.29, 1.82) is 0 Å². The summed E-state index contributed by atoms with van der Waals surface area (Å²) in [5, 5.41) is 20.0. The van der Waals surface area contributed by atoms with Gasteiger partial charge in [0.1, 0.15) is 5.82 Å². The lowest BCUT2D eigenvalue weighted by Crippen LogP contribution is -2.37. The zero-order valence-electron chi connectivity index (χ0n) is 10.5. The molecule has 1 amide bonds. The van der Waals surface area contributed by atoms with E-state index in [1.165, 1.54) is 18.2 Å². The minimum absolute atomic E-state index is 0.0120. The standard InChI is InChI=1S/C12H18FN3O3/c13-10-2-1-9(14)7-11(10)15-12(19)8-16(3-5-17)4-6-18/h1-2,7,17-18H,3-6,8,14H2,(H,15,19). The molecule has 1 aromatic rings. The molecule has 0 unspecified atom stereocenters. The predicted molar refractivity (Wildman–Crippen MR) is 70.1 cm³/mol. The highest BCUT2D eigenvalue weighted by atomic mass is 19.1. The molecule has 0 aliphatic heterocycles. The average Bonchev–Trinajstić information content (AvgIpc) is 2.34. The number of anilines is 2. The Balaban J connectivity index is 2.60. The number of carbonyl (C=O) groups is 1. The molecule has 0 spiro atoms. The van der Waals surface area contributed by atoms with Crippen molar-refractivity contribution in [2.45, 2.75) is 0 Å². The van der Waals surface area contributed by atoms with Gasteiger partial charge in [0.15, 0.2) is 0 Å². The van der Waals surface area contributed by atoms with Crippen LogP contribution in [0.2, 0.25) is 0 Å². The second-order valence-corrected chi connectivity index (χ2v) is 4.01. The zero-order chi connectivity index (χ0) is 14.3. The number of aliphatic hydroxyl groups is 2. The summed E-state index contributed by atoms with van der Waals surface area (Å²) in [6.45, 7) is 0.218. The van der Waals surface area contributed by atoms with Crippen molar-refractivity contribution >= 4 is 17.3 Å². The van der Waals surface area contributed by atoms with Crippen molar-refractivity contribution in [1.82, 2.24) is 4.90 Å². The molecule has 0 aromatic heterocycles. The second-order valence-electron chi connectivity index (χ2n) is 4.01. The second kappa shape index (κ2) is 7.67. The van der Waals surface area contributed by atoms with E-state index >= 15 is 0 Å². The monoisotopic (exact) mass is 271 g/mol. The highest BCUT2D eigenvalue weighted by molar-refractivity contribution is 5.92. The van der Waals surface area contributed by atoms with Gasteiger partial charge in [0, 0.05) is 18.8 Å². The minimum Gasteiger partial charge on any atom is -0.399 e. The largest absolute Gasteiger partial charge is 0.399 e. The highest BCUT2D eigenvalue weighted by Crippen LogP contribution is 2.17.